The number of nitrogens with zero attached hydrogens (tertiary/aromatic N) is 1. The van der Waals surface area contributed by atoms with E-state index in [0.717, 1.165) is 5.56 Å². The first kappa shape index (κ1) is 17.0. The molecule has 0 fully saturated rings. The molecule has 0 aliphatic carbocycles. The number of hydrogen-bond donors (Lipinski definition) is 2. The molecule has 1 aromatic heterocycles. The second kappa shape index (κ2) is 6.38. The molecule has 1 aromatic carbocycles. The molecule has 0 bridgehead atoms. The standard InChI is InChI=1S/C17H16ClNO4/c1-17(2,16(22)23)8-14(21)15-13(20)7-11(9-19-15)10-4-3-5-12(18)6-10/h3-7,9,20H,8H2,1-2H3,(H,22,23). The molecule has 23 heavy (non-hydrogen) atoms. The third-order valence-electron chi connectivity index (χ3n) is 3.47. The van der Waals surface area contributed by atoms with Crippen LogP contribution in [0.1, 0.15) is 30.8 Å². The number of ketones is 1. The first-order valence-corrected chi connectivity index (χ1v) is 7.30. The number of carboxylic acid groups (broad SMARTS) is 1. The van der Waals surface area contributed by atoms with Crippen molar-refractivity contribution in [3.05, 3.63) is 47.2 Å². The van der Waals surface area contributed by atoms with Crippen LogP contribution in [-0.4, -0.2) is 26.9 Å². The highest BCUT2D eigenvalue weighted by Gasteiger charge is 2.31. The molecule has 0 aliphatic rings. The van der Waals surface area contributed by atoms with Gasteiger partial charge in [0.25, 0.3) is 0 Å². The van der Waals surface area contributed by atoms with Gasteiger partial charge in [0, 0.05) is 23.2 Å². The van der Waals surface area contributed by atoms with Crippen molar-refractivity contribution < 1.29 is 19.8 Å². The summed E-state index contributed by atoms with van der Waals surface area (Å²) in [6, 6.07) is 8.43. The van der Waals surface area contributed by atoms with Crippen LogP contribution in [-0.2, 0) is 4.79 Å². The second-order valence-corrected chi connectivity index (χ2v) is 6.33. The first-order valence-electron chi connectivity index (χ1n) is 6.92. The lowest BCUT2D eigenvalue weighted by atomic mass is 9.86. The Morgan fingerprint density at radius 2 is 1.91 bits per heavy atom. The normalized spacial score (nSPS) is 11.3. The van der Waals surface area contributed by atoms with Gasteiger partial charge in [-0.3, -0.25) is 9.59 Å². The van der Waals surface area contributed by atoms with Crippen molar-refractivity contribution in [1.82, 2.24) is 4.98 Å². The number of rotatable bonds is 5. The molecule has 2 rings (SSSR count). The summed E-state index contributed by atoms with van der Waals surface area (Å²) in [7, 11) is 0. The quantitative estimate of drug-likeness (QED) is 0.813. The molecule has 0 radical (unpaired) electrons. The van der Waals surface area contributed by atoms with E-state index in [1.807, 2.05) is 0 Å². The van der Waals surface area contributed by atoms with Gasteiger partial charge in [-0.15, -0.1) is 0 Å². The van der Waals surface area contributed by atoms with Crippen molar-refractivity contribution >= 4 is 23.4 Å². The Kier molecular flexibility index (Phi) is 4.71. The van der Waals surface area contributed by atoms with Crippen LogP contribution >= 0.6 is 11.6 Å². The fourth-order valence-corrected chi connectivity index (χ4v) is 2.24. The van der Waals surface area contributed by atoms with Crippen molar-refractivity contribution in [1.29, 1.82) is 0 Å². The number of aliphatic carboxylic acids is 1. The summed E-state index contributed by atoms with van der Waals surface area (Å²) in [5, 5.41) is 19.7. The van der Waals surface area contributed by atoms with Crippen molar-refractivity contribution in [2.75, 3.05) is 0 Å². The molecule has 0 saturated heterocycles. The van der Waals surface area contributed by atoms with E-state index < -0.39 is 17.2 Å². The number of aromatic nitrogens is 1. The van der Waals surface area contributed by atoms with Gasteiger partial charge in [-0.1, -0.05) is 23.7 Å². The van der Waals surface area contributed by atoms with Crippen molar-refractivity contribution in [2.24, 2.45) is 5.41 Å². The molecule has 1 heterocycles. The summed E-state index contributed by atoms with van der Waals surface area (Å²) in [4.78, 5) is 27.3. The summed E-state index contributed by atoms with van der Waals surface area (Å²) in [5.74, 6) is -1.89. The number of carboxylic acids is 1. The third-order valence-corrected chi connectivity index (χ3v) is 3.71. The topological polar surface area (TPSA) is 87.5 Å². The number of pyridine rings is 1. The average molecular weight is 334 g/mol. The maximum absolute atomic E-state index is 12.2. The van der Waals surface area contributed by atoms with E-state index in [-0.39, 0.29) is 17.9 Å². The lowest BCUT2D eigenvalue weighted by Gasteiger charge is -2.17. The Morgan fingerprint density at radius 3 is 2.48 bits per heavy atom. The van der Waals surface area contributed by atoms with E-state index in [1.165, 1.54) is 26.1 Å². The first-order chi connectivity index (χ1) is 10.7. The summed E-state index contributed by atoms with van der Waals surface area (Å²) in [6.07, 6.45) is 1.20. The lowest BCUT2D eigenvalue weighted by molar-refractivity contribution is -0.146. The lowest BCUT2D eigenvalue weighted by Crippen LogP contribution is -2.27. The van der Waals surface area contributed by atoms with E-state index >= 15 is 0 Å². The van der Waals surface area contributed by atoms with E-state index in [1.54, 1.807) is 24.3 Å². The van der Waals surface area contributed by atoms with E-state index in [9.17, 15) is 14.7 Å². The minimum Gasteiger partial charge on any atom is -0.506 e. The number of Topliss-reactive ketones (excluding diaryl/α,β-unsaturated/α-hetero) is 1. The molecule has 120 valence electrons. The van der Waals surface area contributed by atoms with Crippen molar-refractivity contribution in [3.8, 4) is 16.9 Å². The number of aromatic hydroxyl groups is 1. The zero-order valence-electron chi connectivity index (χ0n) is 12.7. The van der Waals surface area contributed by atoms with Gasteiger partial charge in [-0.2, -0.15) is 0 Å². The SMILES string of the molecule is CC(C)(CC(=O)c1ncc(-c2cccc(Cl)c2)cc1O)C(=O)O. The van der Waals surface area contributed by atoms with E-state index in [0.29, 0.717) is 10.6 Å². The van der Waals surface area contributed by atoms with Gasteiger partial charge in [0.2, 0.25) is 0 Å². The monoisotopic (exact) mass is 333 g/mol. The van der Waals surface area contributed by atoms with Crippen molar-refractivity contribution in [3.63, 3.8) is 0 Å². The van der Waals surface area contributed by atoms with E-state index in [2.05, 4.69) is 4.98 Å². The van der Waals surface area contributed by atoms with Crippen LogP contribution in [0.3, 0.4) is 0 Å². The number of carbonyl (C=O) groups excluding carboxylic acids is 1. The van der Waals surface area contributed by atoms with Gasteiger partial charge in [0.05, 0.1) is 5.41 Å². The summed E-state index contributed by atoms with van der Waals surface area (Å²) < 4.78 is 0. The zero-order chi connectivity index (χ0) is 17.2. The van der Waals surface area contributed by atoms with Gasteiger partial charge in [0.1, 0.15) is 11.4 Å². The molecule has 0 atom stereocenters. The fraction of sp³-hybridized carbons (Fsp3) is 0.235. The smallest absolute Gasteiger partial charge is 0.309 e. The molecule has 2 aromatic rings. The largest absolute Gasteiger partial charge is 0.506 e. The average Bonchev–Trinajstić information content (AvgIpc) is 2.46. The molecule has 6 heteroatoms. The van der Waals surface area contributed by atoms with Gasteiger partial charge in [-0.05, 0) is 37.6 Å². The molecule has 0 aliphatic heterocycles. The summed E-state index contributed by atoms with van der Waals surface area (Å²) in [5.41, 5.74) is 0.00548. The highest BCUT2D eigenvalue weighted by Crippen LogP contribution is 2.29. The van der Waals surface area contributed by atoms with Crippen LogP contribution in [0.25, 0.3) is 11.1 Å². The minimum absolute atomic E-state index is 0.134. The van der Waals surface area contributed by atoms with Crippen LogP contribution < -0.4 is 0 Å². The van der Waals surface area contributed by atoms with Crippen LogP contribution in [0.2, 0.25) is 5.02 Å². The molecular formula is C17H16ClNO4. The number of hydrogen-bond acceptors (Lipinski definition) is 4. The predicted octanol–water partition coefficient (Wildman–Crippen LogP) is 3.79. The Hall–Kier alpha value is -2.40. The number of carbonyl (C=O) groups is 2. The minimum atomic E-state index is -1.23. The Bertz CT molecular complexity index is 771. The van der Waals surface area contributed by atoms with Gasteiger partial charge in [-0.25, -0.2) is 4.98 Å². The molecule has 0 spiro atoms. The summed E-state index contributed by atoms with van der Waals surface area (Å²) >= 11 is 5.93. The molecule has 0 saturated carbocycles. The van der Waals surface area contributed by atoms with Crippen LogP contribution in [0.15, 0.2) is 36.5 Å². The van der Waals surface area contributed by atoms with Crippen molar-refractivity contribution in [2.45, 2.75) is 20.3 Å². The third kappa shape index (κ3) is 3.87. The number of halogens is 1. The Morgan fingerprint density at radius 1 is 1.22 bits per heavy atom. The van der Waals surface area contributed by atoms with E-state index in [4.69, 9.17) is 16.7 Å². The molecule has 2 N–H and O–H groups in total. The molecular weight excluding hydrogens is 318 g/mol. The summed E-state index contributed by atoms with van der Waals surface area (Å²) in [6.45, 7) is 2.90. The van der Waals surface area contributed by atoms with Gasteiger partial charge in [0.15, 0.2) is 5.78 Å². The maximum Gasteiger partial charge on any atom is 0.309 e. The Labute approximate surface area is 138 Å². The highest BCUT2D eigenvalue weighted by atomic mass is 35.5. The van der Waals surface area contributed by atoms with Crippen LogP contribution in [0.5, 0.6) is 5.75 Å². The predicted molar refractivity (Wildman–Crippen MR) is 86.7 cm³/mol. The van der Waals surface area contributed by atoms with Crippen LogP contribution in [0, 0.1) is 5.41 Å². The Balaban J connectivity index is 2.29. The van der Waals surface area contributed by atoms with Gasteiger partial charge < -0.3 is 10.2 Å². The molecule has 0 amide bonds. The molecule has 5 nitrogen and oxygen atoms in total. The maximum atomic E-state index is 12.2. The zero-order valence-corrected chi connectivity index (χ0v) is 13.5. The van der Waals surface area contributed by atoms with Crippen LogP contribution in [0.4, 0.5) is 0 Å². The van der Waals surface area contributed by atoms with Gasteiger partial charge >= 0.3 is 5.97 Å². The molecule has 0 unspecified atom stereocenters. The second-order valence-electron chi connectivity index (χ2n) is 5.89. The fourth-order valence-electron chi connectivity index (χ4n) is 2.05. The number of benzene rings is 1. The highest BCUT2D eigenvalue weighted by molar-refractivity contribution is 6.30.